The van der Waals surface area contributed by atoms with Gasteiger partial charge in [0.05, 0.1) is 12.1 Å². The summed E-state index contributed by atoms with van der Waals surface area (Å²) >= 11 is 2.99. The summed E-state index contributed by atoms with van der Waals surface area (Å²) < 4.78 is 0.886. The molecule has 0 atom stereocenters. The highest BCUT2D eigenvalue weighted by Crippen LogP contribution is 2.27. The highest BCUT2D eigenvalue weighted by Gasteiger charge is 2.10. The minimum absolute atomic E-state index is 0.0457. The maximum absolute atomic E-state index is 10.5. The molecule has 0 saturated heterocycles. The molecule has 1 aromatic heterocycles. The number of thioether (sulfide) groups is 1. The Morgan fingerprint density at radius 1 is 1.60 bits per heavy atom. The van der Waals surface area contributed by atoms with Crippen molar-refractivity contribution >= 4 is 29.1 Å². The van der Waals surface area contributed by atoms with Crippen LogP contribution in [0, 0.1) is 6.92 Å². The number of aliphatic hydroxyl groups is 1. The largest absolute Gasteiger partial charge is 0.481 e. The van der Waals surface area contributed by atoms with Gasteiger partial charge in [0.1, 0.15) is 4.34 Å². The first-order valence-electron chi connectivity index (χ1n) is 4.55. The van der Waals surface area contributed by atoms with Crippen molar-refractivity contribution in [2.45, 2.75) is 24.1 Å². The van der Waals surface area contributed by atoms with Gasteiger partial charge in [0.25, 0.3) is 0 Å². The maximum atomic E-state index is 10.5. The van der Waals surface area contributed by atoms with Gasteiger partial charge in [-0.15, -0.1) is 11.3 Å². The van der Waals surface area contributed by atoms with E-state index in [1.54, 1.807) is 11.8 Å². The lowest BCUT2D eigenvalue weighted by Crippen LogP contribution is -1.99. The van der Waals surface area contributed by atoms with Crippen molar-refractivity contribution < 1.29 is 15.0 Å². The lowest BCUT2D eigenvalue weighted by Gasteiger charge is -1.92. The molecule has 6 heteroatoms. The van der Waals surface area contributed by atoms with E-state index >= 15 is 0 Å². The lowest BCUT2D eigenvalue weighted by atomic mass is 10.3. The van der Waals surface area contributed by atoms with Crippen molar-refractivity contribution in [1.29, 1.82) is 0 Å². The van der Waals surface area contributed by atoms with E-state index in [1.807, 2.05) is 6.92 Å². The molecule has 4 nitrogen and oxygen atoms in total. The van der Waals surface area contributed by atoms with Crippen molar-refractivity contribution in [2.24, 2.45) is 0 Å². The van der Waals surface area contributed by atoms with Crippen LogP contribution in [0.2, 0.25) is 0 Å². The molecule has 0 spiro atoms. The molecule has 2 N–H and O–H groups in total. The van der Waals surface area contributed by atoms with Crippen molar-refractivity contribution in [3.05, 3.63) is 10.6 Å². The second-order valence-corrected chi connectivity index (χ2v) is 5.41. The van der Waals surface area contributed by atoms with Gasteiger partial charge in [0, 0.05) is 17.2 Å². The van der Waals surface area contributed by atoms with Crippen LogP contribution in [0.1, 0.15) is 17.0 Å². The zero-order valence-corrected chi connectivity index (χ0v) is 10.0. The molecule has 0 aliphatic rings. The first-order valence-corrected chi connectivity index (χ1v) is 6.35. The Balaban J connectivity index is 2.56. The molecule has 0 fully saturated rings. The number of carbonyl (C=O) groups is 1. The Morgan fingerprint density at radius 3 is 2.93 bits per heavy atom. The van der Waals surface area contributed by atoms with Crippen LogP contribution in [-0.4, -0.2) is 33.5 Å². The Hall–Kier alpha value is -0.590. The first kappa shape index (κ1) is 12.5. The Kier molecular flexibility index (Phi) is 5.07. The van der Waals surface area contributed by atoms with E-state index < -0.39 is 5.97 Å². The molecule has 0 radical (unpaired) electrons. The van der Waals surface area contributed by atoms with Crippen molar-refractivity contribution in [1.82, 2.24) is 4.98 Å². The monoisotopic (exact) mass is 247 g/mol. The molecular weight excluding hydrogens is 234 g/mol. The fourth-order valence-electron chi connectivity index (χ4n) is 0.988. The van der Waals surface area contributed by atoms with Crippen molar-refractivity contribution in [3.63, 3.8) is 0 Å². The van der Waals surface area contributed by atoms with Crippen LogP contribution < -0.4 is 0 Å². The molecule has 0 unspecified atom stereocenters. The van der Waals surface area contributed by atoms with Crippen LogP contribution in [0.5, 0.6) is 0 Å². The molecule has 84 valence electrons. The number of aromatic nitrogens is 1. The summed E-state index contributed by atoms with van der Waals surface area (Å²) in [6, 6.07) is 0. The first-order chi connectivity index (χ1) is 7.13. The van der Waals surface area contributed by atoms with E-state index in [0.29, 0.717) is 0 Å². The van der Waals surface area contributed by atoms with Gasteiger partial charge < -0.3 is 10.2 Å². The van der Waals surface area contributed by atoms with Gasteiger partial charge in [-0.25, -0.2) is 4.98 Å². The predicted octanol–water partition coefficient (Wildman–Crippen LogP) is 1.55. The van der Waals surface area contributed by atoms with Crippen molar-refractivity contribution in [3.8, 4) is 0 Å². The third-order valence-corrected chi connectivity index (χ3v) is 4.10. The normalized spacial score (nSPS) is 10.5. The van der Waals surface area contributed by atoms with Crippen LogP contribution in [0.3, 0.4) is 0 Å². The molecule has 0 aliphatic carbocycles. The number of nitrogens with zero attached hydrogens (tertiary/aromatic N) is 1. The summed E-state index contributed by atoms with van der Waals surface area (Å²) in [5, 5.41) is 17.3. The van der Waals surface area contributed by atoms with Gasteiger partial charge in [-0.05, 0) is 13.3 Å². The smallest absolute Gasteiger partial charge is 0.308 e. The van der Waals surface area contributed by atoms with Gasteiger partial charge >= 0.3 is 5.97 Å². The van der Waals surface area contributed by atoms with Crippen LogP contribution in [-0.2, 0) is 11.2 Å². The summed E-state index contributed by atoms with van der Waals surface area (Å²) in [5.74, 6) is -0.00988. The Morgan fingerprint density at radius 2 is 2.33 bits per heavy atom. The van der Waals surface area contributed by atoms with E-state index in [-0.39, 0.29) is 13.0 Å². The van der Waals surface area contributed by atoms with E-state index in [0.717, 1.165) is 27.1 Å². The number of thiazole rings is 1. The fourth-order valence-corrected chi connectivity index (χ4v) is 3.21. The number of aryl methyl sites for hydroxylation is 1. The molecule has 0 aromatic carbocycles. The topological polar surface area (TPSA) is 70.4 Å². The minimum atomic E-state index is -0.825. The number of hydrogen-bond donors (Lipinski definition) is 2. The van der Waals surface area contributed by atoms with Gasteiger partial charge in [0.15, 0.2) is 0 Å². The Labute approximate surface area is 96.4 Å². The van der Waals surface area contributed by atoms with E-state index in [1.165, 1.54) is 11.3 Å². The highest BCUT2D eigenvalue weighted by atomic mass is 32.2. The average Bonchev–Trinajstić information content (AvgIpc) is 2.47. The van der Waals surface area contributed by atoms with E-state index in [2.05, 4.69) is 4.98 Å². The van der Waals surface area contributed by atoms with Gasteiger partial charge in [-0.3, -0.25) is 4.79 Å². The molecule has 0 saturated carbocycles. The standard InChI is InChI=1S/C9H13NO3S2/c1-6-7(5-8(12)13)15-9(10-6)14-4-2-3-11/h11H,2-5H2,1H3,(H,12,13). The molecule has 0 amide bonds. The summed E-state index contributed by atoms with van der Waals surface area (Å²) in [4.78, 5) is 15.6. The predicted molar refractivity (Wildman–Crippen MR) is 60.6 cm³/mol. The molecule has 1 rings (SSSR count). The van der Waals surface area contributed by atoms with Crippen LogP contribution in [0.15, 0.2) is 4.34 Å². The zero-order valence-electron chi connectivity index (χ0n) is 8.39. The number of hydrogen-bond acceptors (Lipinski definition) is 5. The number of aliphatic carboxylic acids is 1. The zero-order chi connectivity index (χ0) is 11.3. The van der Waals surface area contributed by atoms with Gasteiger partial charge in [-0.1, -0.05) is 11.8 Å². The second-order valence-electron chi connectivity index (χ2n) is 2.98. The van der Waals surface area contributed by atoms with Gasteiger partial charge in [-0.2, -0.15) is 0 Å². The number of rotatable bonds is 6. The molecule has 1 aromatic rings. The molecule has 0 bridgehead atoms. The lowest BCUT2D eigenvalue weighted by molar-refractivity contribution is -0.136. The SMILES string of the molecule is Cc1nc(SCCCO)sc1CC(=O)O. The van der Waals surface area contributed by atoms with Crippen LogP contribution in [0.25, 0.3) is 0 Å². The molecular formula is C9H13NO3S2. The second kappa shape index (κ2) is 6.09. The fraction of sp³-hybridized carbons (Fsp3) is 0.556. The average molecular weight is 247 g/mol. The van der Waals surface area contributed by atoms with Crippen molar-refractivity contribution in [2.75, 3.05) is 12.4 Å². The number of carboxylic acids is 1. The quantitative estimate of drug-likeness (QED) is 0.589. The van der Waals surface area contributed by atoms with E-state index in [4.69, 9.17) is 10.2 Å². The summed E-state index contributed by atoms with van der Waals surface area (Å²) in [7, 11) is 0. The molecule has 0 aliphatic heterocycles. The number of carboxylic acid groups (broad SMARTS) is 1. The minimum Gasteiger partial charge on any atom is -0.481 e. The summed E-state index contributed by atoms with van der Waals surface area (Å²) in [6.45, 7) is 2.00. The molecule has 15 heavy (non-hydrogen) atoms. The van der Waals surface area contributed by atoms with Gasteiger partial charge in [0.2, 0.25) is 0 Å². The van der Waals surface area contributed by atoms with Crippen LogP contribution >= 0.6 is 23.1 Å². The summed E-state index contributed by atoms with van der Waals surface area (Å²) in [5.41, 5.74) is 0.800. The Bertz CT molecular complexity index is 338. The summed E-state index contributed by atoms with van der Waals surface area (Å²) in [6.07, 6.45) is 0.779. The molecule has 1 heterocycles. The third kappa shape index (κ3) is 4.19. The maximum Gasteiger partial charge on any atom is 0.308 e. The third-order valence-electron chi connectivity index (χ3n) is 1.71. The van der Waals surface area contributed by atoms with Crippen LogP contribution in [0.4, 0.5) is 0 Å². The highest BCUT2D eigenvalue weighted by molar-refractivity contribution is 8.01. The van der Waals surface area contributed by atoms with E-state index in [9.17, 15) is 4.79 Å². The number of aliphatic hydroxyl groups excluding tert-OH is 1.